The van der Waals surface area contributed by atoms with Crippen molar-refractivity contribution in [3.63, 3.8) is 0 Å². The molecule has 2 rings (SSSR count). The third kappa shape index (κ3) is 0.781. The Morgan fingerprint density at radius 2 is 2.00 bits per heavy atom. The van der Waals surface area contributed by atoms with E-state index in [-0.39, 0.29) is 0 Å². The van der Waals surface area contributed by atoms with Crippen molar-refractivity contribution in [2.45, 2.75) is 0 Å². The van der Waals surface area contributed by atoms with E-state index in [4.69, 9.17) is 0 Å². The summed E-state index contributed by atoms with van der Waals surface area (Å²) in [5.74, 6) is 0. The van der Waals surface area contributed by atoms with Crippen molar-refractivity contribution in [1.82, 2.24) is 0 Å². The number of hydrogen-bond acceptors (Lipinski definition) is 0. The van der Waals surface area contributed by atoms with Gasteiger partial charge in [0.1, 0.15) is 0 Å². The topological polar surface area (TPSA) is 0 Å². The fourth-order valence-electron chi connectivity index (χ4n) is 0.954. The molecular weight excluding hydrogens is 120 g/mol. The zero-order valence-electron chi connectivity index (χ0n) is 5.39. The van der Waals surface area contributed by atoms with Crippen molar-refractivity contribution in [3.05, 3.63) is 48.5 Å². The normalized spacial score (nSPS) is 10.0. The lowest BCUT2D eigenvalue weighted by Gasteiger charge is -1.91. The number of benzene rings is 2. The van der Waals surface area contributed by atoms with Crippen LogP contribution < -0.4 is 0 Å². The number of hydrogen-bond donors (Lipinski definition) is 0. The van der Waals surface area contributed by atoms with E-state index in [1.165, 1.54) is 5.39 Å². The molecule has 45 valence electrons. The molecule has 2 aromatic rings. The van der Waals surface area contributed by atoms with Gasteiger partial charge in [-0.1, -0.05) is 24.3 Å². The average Bonchev–Trinajstić information content (AvgIpc) is 2.05. The molecule has 0 heterocycles. The Morgan fingerprint density at radius 1 is 1.10 bits per heavy atom. The molecule has 3 radical (unpaired) electrons. The van der Waals surface area contributed by atoms with Crippen LogP contribution in [0.15, 0.2) is 30.3 Å². The highest BCUT2D eigenvalue weighted by atomic mass is 13.9. The molecule has 0 aliphatic carbocycles. The van der Waals surface area contributed by atoms with Gasteiger partial charge in [-0.25, -0.2) is 0 Å². The Labute approximate surface area is 60.1 Å². The lowest BCUT2D eigenvalue weighted by atomic mass is 10.1. The van der Waals surface area contributed by atoms with E-state index in [2.05, 4.69) is 18.2 Å². The number of fused-ring (bicyclic) bond motifs is 1. The van der Waals surface area contributed by atoms with Crippen molar-refractivity contribution < 1.29 is 0 Å². The van der Waals surface area contributed by atoms with Crippen LogP contribution in [0.2, 0.25) is 0 Å². The van der Waals surface area contributed by atoms with Crippen LogP contribution in [0.1, 0.15) is 0 Å². The average molecular weight is 125 g/mol. The predicted octanol–water partition coefficient (Wildman–Crippen LogP) is 2.24. The largest absolute Gasteiger partial charge is 0.0616 e. The molecule has 0 N–H and O–H groups in total. The fourth-order valence-corrected chi connectivity index (χ4v) is 0.954. The molecule has 2 aromatic carbocycles. The Bertz CT molecular complexity index is 271. The Balaban J connectivity index is 2.89. The smallest absolute Gasteiger partial charge is 0.000696 e. The maximum atomic E-state index is 2.97. The van der Waals surface area contributed by atoms with Crippen molar-refractivity contribution in [1.29, 1.82) is 0 Å². The van der Waals surface area contributed by atoms with Gasteiger partial charge in [-0.2, -0.15) is 0 Å². The van der Waals surface area contributed by atoms with Gasteiger partial charge in [0, 0.05) is 0 Å². The summed E-state index contributed by atoms with van der Waals surface area (Å²) in [5, 5.41) is 2.27. The standard InChI is InChI=1S/C10H5/c1-2-6-10-8-4-3-7-9(10)5-1/h1-2,5-7H. The first-order valence-electron chi connectivity index (χ1n) is 3.15. The van der Waals surface area contributed by atoms with Crippen LogP contribution in [-0.4, -0.2) is 0 Å². The zero-order valence-corrected chi connectivity index (χ0v) is 5.39. The third-order valence-electron chi connectivity index (χ3n) is 1.46. The van der Waals surface area contributed by atoms with E-state index >= 15 is 0 Å². The SMILES string of the molecule is [c]1[c]cc2ccccc2[c]1. The van der Waals surface area contributed by atoms with Crippen molar-refractivity contribution in [3.8, 4) is 0 Å². The van der Waals surface area contributed by atoms with E-state index in [0.717, 1.165) is 5.39 Å². The minimum atomic E-state index is 1.10. The molecule has 0 heteroatoms. The van der Waals surface area contributed by atoms with Crippen LogP contribution >= 0.6 is 0 Å². The van der Waals surface area contributed by atoms with Gasteiger partial charge in [-0.05, 0) is 35.0 Å². The van der Waals surface area contributed by atoms with Gasteiger partial charge in [0.05, 0.1) is 0 Å². The van der Waals surface area contributed by atoms with Gasteiger partial charge in [0.2, 0.25) is 0 Å². The molecule has 0 aliphatic rings. The molecule has 0 atom stereocenters. The first-order chi connectivity index (χ1) is 4.97. The molecule has 0 bridgehead atoms. The molecular formula is C10H5. The van der Waals surface area contributed by atoms with Crippen LogP contribution in [0.3, 0.4) is 0 Å². The summed E-state index contributed by atoms with van der Waals surface area (Å²) in [6.07, 6.45) is 0. The molecule has 0 saturated carbocycles. The fraction of sp³-hybridized carbons (Fsp3) is 0. The molecule has 0 aromatic heterocycles. The molecule has 10 heavy (non-hydrogen) atoms. The molecule has 0 saturated heterocycles. The van der Waals surface area contributed by atoms with Crippen LogP contribution in [0.4, 0.5) is 0 Å². The second-order valence-electron chi connectivity index (χ2n) is 2.13. The van der Waals surface area contributed by atoms with Crippen molar-refractivity contribution in [2.24, 2.45) is 0 Å². The van der Waals surface area contributed by atoms with E-state index in [0.29, 0.717) is 0 Å². The monoisotopic (exact) mass is 125 g/mol. The Kier molecular flexibility index (Phi) is 1.17. The molecule has 0 nitrogen and oxygen atoms in total. The summed E-state index contributed by atoms with van der Waals surface area (Å²) >= 11 is 0. The highest BCUT2D eigenvalue weighted by molar-refractivity contribution is 5.81. The van der Waals surface area contributed by atoms with Crippen LogP contribution in [0, 0.1) is 18.2 Å². The summed E-state index contributed by atoms with van der Waals surface area (Å²) in [6, 6.07) is 18.6. The maximum absolute atomic E-state index is 2.97. The highest BCUT2D eigenvalue weighted by Crippen LogP contribution is 2.09. The van der Waals surface area contributed by atoms with Gasteiger partial charge in [-0.3, -0.25) is 0 Å². The highest BCUT2D eigenvalue weighted by Gasteiger charge is 1.86. The summed E-state index contributed by atoms with van der Waals surface area (Å²) in [5.41, 5.74) is 0. The molecule has 0 unspecified atom stereocenters. The minimum Gasteiger partial charge on any atom is -0.0616 e. The predicted molar refractivity (Wildman–Crippen MR) is 40.5 cm³/mol. The number of rotatable bonds is 0. The quantitative estimate of drug-likeness (QED) is 0.506. The van der Waals surface area contributed by atoms with Crippen LogP contribution in [-0.2, 0) is 0 Å². The van der Waals surface area contributed by atoms with Gasteiger partial charge in [0.15, 0.2) is 0 Å². The molecule has 0 spiro atoms. The van der Waals surface area contributed by atoms with Gasteiger partial charge < -0.3 is 0 Å². The van der Waals surface area contributed by atoms with Gasteiger partial charge in [0.25, 0.3) is 0 Å². The second kappa shape index (κ2) is 2.14. The van der Waals surface area contributed by atoms with E-state index < -0.39 is 0 Å². The van der Waals surface area contributed by atoms with E-state index in [9.17, 15) is 0 Å². The van der Waals surface area contributed by atoms with Crippen LogP contribution in [0.25, 0.3) is 10.8 Å². The summed E-state index contributed by atoms with van der Waals surface area (Å²) < 4.78 is 0. The van der Waals surface area contributed by atoms with Crippen LogP contribution in [0.5, 0.6) is 0 Å². The molecule has 0 aliphatic heterocycles. The van der Waals surface area contributed by atoms with Crippen molar-refractivity contribution in [2.75, 3.05) is 0 Å². The lowest BCUT2D eigenvalue weighted by molar-refractivity contribution is 1.71. The van der Waals surface area contributed by atoms with Crippen molar-refractivity contribution >= 4 is 10.8 Å². The Morgan fingerprint density at radius 3 is 2.90 bits per heavy atom. The summed E-state index contributed by atoms with van der Waals surface area (Å²) in [7, 11) is 0. The second-order valence-corrected chi connectivity index (χ2v) is 2.13. The van der Waals surface area contributed by atoms with Gasteiger partial charge >= 0.3 is 0 Å². The molecule has 0 amide bonds. The van der Waals surface area contributed by atoms with Gasteiger partial charge in [-0.15, -0.1) is 0 Å². The summed E-state index contributed by atoms with van der Waals surface area (Å²) in [4.78, 5) is 0. The minimum absolute atomic E-state index is 1.10. The van der Waals surface area contributed by atoms with E-state index in [1.54, 1.807) is 0 Å². The first kappa shape index (κ1) is 5.48. The Hall–Kier alpha value is -1.30. The molecule has 0 fully saturated rings. The third-order valence-corrected chi connectivity index (χ3v) is 1.46. The first-order valence-corrected chi connectivity index (χ1v) is 3.15. The van der Waals surface area contributed by atoms with E-state index in [1.807, 2.05) is 30.3 Å². The summed E-state index contributed by atoms with van der Waals surface area (Å²) in [6.45, 7) is 0. The zero-order chi connectivity index (χ0) is 6.81. The maximum Gasteiger partial charge on any atom is -0.000696 e. The lowest BCUT2D eigenvalue weighted by Crippen LogP contribution is -1.68.